The maximum atomic E-state index is 13.7. The summed E-state index contributed by atoms with van der Waals surface area (Å²) >= 11 is 0. The van der Waals surface area contributed by atoms with Crippen LogP contribution in [0.4, 0.5) is 30.2 Å². The molecular weight excluding hydrogens is 389 g/mol. The molecule has 150 valence electrons. The minimum absolute atomic E-state index is 0.134. The van der Waals surface area contributed by atoms with Crippen LogP contribution in [0, 0.1) is 0 Å². The van der Waals surface area contributed by atoms with E-state index in [1.165, 1.54) is 12.1 Å². The highest BCUT2D eigenvalue weighted by Gasteiger charge is 2.37. The molecule has 0 saturated heterocycles. The lowest BCUT2D eigenvalue weighted by molar-refractivity contribution is -0.137. The molecule has 4 nitrogen and oxygen atoms in total. The summed E-state index contributed by atoms with van der Waals surface area (Å²) in [6.07, 6.45) is 0.744. The molecule has 7 heteroatoms. The van der Waals surface area contributed by atoms with Crippen molar-refractivity contribution in [1.82, 2.24) is 9.97 Å². The van der Waals surface area contributed by atoms with Crippen LogP contribution in [0.15, 0.2) is 73.2 Å². The highest BCUT2D eigenvalue weighted by Crippen LogP contribution is 2.47. The Bertz CT molecular complexity index is 1240. The largest absolute Gasteiger partial charge is 0.418 e. The highest BCUT2D eigenvalue weighted by molar-refractivity contribution is 6.04. The second-order valence-corrected chi connectivity index (χ2v) is 7.25. The lowest BCUT2D eigenvalue weighted by atomic mass is 10.0. The summed E-state index contributed by atoms with van der Waals surface area (Å²) in [5, 5.41) is 0.801. The Balaban J connectivity index is 1.75. The third-order valence-electron chi connectivity index (χ3n) is 5.35. The number of fused-ring (bicyclic) bond motifs is 3. The van der Waals surface area contributed by atoms with Gasteiger partial charge in [0.05, 0.1) is 41.0 Å². The van der Waals surface area contributed by atoms with E-state index < -0.39 is 11.7 Å². The maximum Gasteiger partial charge on any atom is 0.418 e. The van der Waals surface area contributed by atoms with E-state index in [-0.39, 0.29) is 5.69 Å². The third kappa shape index (κ3) is 2.94. The minimum atomic E-state index is -4.44. The summed E-state index contributed by atoms with van der Waals surface area (Å²) in [6, 6.07) is 15.3. The fourth-order valence-electron chi connectivity index (χ4n) is 3.95. The van der Waals surface area contributed by atoms with Gasteiger partial charge in [0.1, 0.15) is 0 Å². The number of aromatic nitrogens is 2. The number of hydrogen-bond donors (Lipinski definition) is 0. The van der Waals surface area contributed by atoms with Crippen molar-refractivity contribution in [2.45, 2.75) is 6.18 Å². The van der Waals surface area contributed by atoms with Crippen LogP contribution in [-0.4, -0.2) is 23.7 Å². The van der Waals surface area contributed by atoms with E-state index in [1.807, 2.05) is 42.3 Å². The Kier molecular flexibility index (Phi) is 4.13. The molecule has 4 aromatic rings. The number of alkyl halides is 3. The van der Waals surface area contributed by atoms with E-state index in [0.717, 1.165) is 39.5 Å². The van der Waals surface area contributed by atoms with Gasteiger partial charge < -0.3 is 9.80 Å². The molecule has 5 rings (SSSR count). The Morgan fingerprint density at radius 1 is 0.900 bits per heavy atom. The number of rotatable bonds is 2. The second kappa shape index (κ2) is 6.73. The second-order valence-electron chi connectivity index (χ2n) is 7.25. The van der Waals surface area contributed by atoms with Gasteiger partial charge in [-0.1, -0.05) is 24.3 Å². The van der Waals surface area contributed by atoms with Crippen LogP contribution < -0.4 is 9.80 Å². The number of hydrogen-bond acceptors (Lipinski definition) is 4. The van der Waals surface area contributed by atoms with Crippen molar-refractivity contribution in [3.63, 3.8) is 0 Å². The van der Waals surface area contributed by atoms with Crippen LogP contribution in [0.2, 0.25) is 0 Å². The van der Waals surface area contributed by atoms with Gasteiger partial charge in [-0.15, -0.1) is 0 Å². The zero-order chi connectivity index (χ0) is 20.9. The van der Waals surface area contributed by atoms with Gasteiger partial charge in [-0.25, -0.2) is 0 Å². The van der Waals surface area contributed by atoms with Crippen LogP contribution in [0.5, 0.6) is 0 Å². The molecule has 1 aliphatic rings. The smallest absolute Gasteiger partial charge is 0.354 e. The molecule has 0 fully saturated rings. The fourth-order valence-corrected chi connectivity index (χ4v) is 3.95. The molecule has 30 heavy (non-hydrogen) atoms. The quantitative estimate of drug-likeness (QED) is 0.417. The van der Waals surface area contributed by atoms with E-state index in [2.05, 4.69) is 9.97 Å². The molecule has 0 bridgehead atoms. The maximum absolute atomic E-state index is 13.7. The zero-order valence-corrected chi connectivity index (χ0v) is 16.1. The third-order valence-corrected chi connectivity index (χ3v) is 5.35. The summed E-state index contributed by atoms with van der Waals surface area (Å²) in [5.74, 6) is 0. The fraction of sp³-hybridized carbons (Fsp3) is 0.130. The van der Waals surface area contributed by atoms with E-state index >= 15 is 0 Å². The molecule has 0 atom stereocenters. The van der Waals surface area contributed by atoms with Gasteiger partial charge in [0, 0.05) is 30.4 Å². The van der Waals surface area contributed by atoms with Crippen molar-refractivity contribution in [2.24, 2.45) is 0 Å². The lowest BCUT2D eigenvalue weighted by Gasteiger charge is -2.24. The average molecular weight is 406 g/mol. The summed E-state index contributed by atoms with van der Waals surface area (Å²) in [4.78, 5) is 12.3. The van der Waals surface area contributed by atoms with Gasteiger partial charge in [0.2, 0.25) is 0 Å². The number of anilines is 3. The topological polar surface area (TPSA) is 32.3 Å². The van der Waals surface area contributed by atoms with Crippen molar-refractivity contribution < 1.29 is 13.2 Å². The van der Waals surface area contributed by atoms with Gasteiger partial charge >= 0.3 is 6.18 Å². The number of halogens is 3. The van der Waals surface area contributed by atoms with Crippen LogP contribution in [0.3, 0.4) is 0 Å². The first-order valence-electron chi connectivity index (χ1n) is 9.41. The molecule has 0 unspecified atom stereocenters. The average Bonchev–Trinajstić information content (AvgIpc) is 3.10. The molecule has 0 saturated carbocycles. The number of nitrogens with zero attached hydrogens (tertiary/aromatic N) is 4. The van der Waals surface area contributed by atoms with Crippen LogP contribution in [0.25, 0.3) is 22.0 Å². The predicted molar refractivity (Wildman–Crippen MR) is 112 cm³/mol. The first kappa shape index (κ1) is 18.4. The van der Waals surface area contributed by atoms with Crippen molar-refractivity contribution in [3.05, 3.63) is 78.8 Å². The minimum Gasteiger partial charge on any atom is -0.354 e. The number of para-hydroxylation sites is 1. The van der Waals surface area contributed by atoms with E-state index in [1.54, 1.807) is 29.6 Å². The number of benzene rings is 2. The van der Waals surface area contributed by atoms with Gasteiger partial charge in [0.15, 0.2) is 0 Å². The lowest BCUT2D eigenvalue weighted by Crippen LogP contribution is -2.26. The monoisotopic (exact) mass is 406 g/mol. The standard InChI is InChI=1S/C23H17F3N4/c1-29-14-30(20-7-3-2-6-18(20)23(24,25)26)22-17-11-15(16-5-4-10-27-12-16)8-9-19(17)28-13-21(22)29/h2-13H,14H2,1H3. The van der Waals surface area contributed by atoms with Gasteiger partial charge in [-0.3, -0.25) is 9.97 Å². The predicted octanol–water partition coefficient (Wildman–Crippen LogP) is 5.86. The zero-order valence-electron chi connectivity index (χ0n) is 16.1. The molecule has 2 aromatic heterocycles. The Morgan fingerprint density at radius 3 is 2.50 bits per heavy atom. The summed E-state index contributed by atoms with van der Waals surface area (Å²) in [6.45, 7) is 0.306. The summed E-state index contributed by atoms with van der Waals surface area (Å²) < 4.78 is 41.1. The van der Waals surface area contributed by atoms with Crippen LogP contribution >= 0.6 is 0 Å². The van der Waals surface area contributed by atoms with E-state index in [9.17, 15) is 13.2 Å². The highest BCUT2D eigenvalue weighted by atomic mass is 19.4. The van der Waals surface area contributed by atoms with E-state index in [4.69, 9.17) is 0 Å². The van der Waals surface area contributed by atoms with E-state index in [0.29, 0.717) is 6.67 Å². The molecular formula is C23H17F3N4. The molecule has 1 aliphatic heterocycles. The normalized spacial score (nSPS) is 13.7. The molecule has 0 aliphatic carbocycles. The summed E-state index contributed by atoms with van der Waals surface area (Å²) in [7, 11) is 1.85. The Hall–Kier alpha value is -3.61. The van der Waals surface area contributed by atoms with Crippen LogP contribution in [-0.2, 0) is 6.18 Å². The molecule has 0 radical (unpaired) electrons. The van der Waals surface area contributed by atoms with Crippen molar-refractivity contribution >= 4 is 28.0 Å². The molecule has 2 aromatic carbocycles. The SMILES string of the molecule is CN1CN(c2ccccc2C(F)(F)F)c2c1cnc1ccc(-c3cccnc3)cc21. The molecule has 0 amide bonds. The number of pyridine rings is 2. The molecule has 0 N–H and O–H groups in total. The molecule has 0 spiro atoms. The summed E-state index contributed by atoms with van der Waals surface area (Å²) in [5.41, 5.74) is 3.60. The first-order valence-corrected chi connectivity index (χ1v) is 9.41. The van der Waals surface area contributed by atoms with Crippen LogP contribution in [0.1, 0.15) is 5.56 Å². The van der Waals surface area contributed by atoms with Crippen molar-refractivity contribution in [3.8, 4) is 11.1 Å². The molecule has 3 heterocycles. The van der Waals surface area contributed by atoms with Crippen molar-refractivity contribution in [1.29, 1.82) is 0 Å². The van der Waals surface area contributed by atoms with Gasteiger partial charge in [0.25, 0.3) is 0 Å². The van der Waals surface area contributed by atoms with Gasteiger partial charge in [-0.2, -0.15) is 13.2 Å². The van der Waals surface area contributed by atoms with Crippen molar-refractivity contribution in [2.75, 3.05) is 23.5 Å². The Labute approximate surface area is 171 Å². The van der Waals surface area contributed by atoms with Gasteiger partial charge in [-0.05, 0) is 35.9 Å². The Morgan fingerprint density at radius 2 is 1.73 bits per heavy atom. The first-order chi connectivity index (χ1) is 14.4.